The van der Waals surface area contributed by atoms with E-state index in [9.17, 15) is 9.90 Å². The second kappa shape index (κ2) is 9.27. The highest BCUT2D eigenvalue weighted by Crippen LogP contribution is 2.10. The summed E-state index contributed by atoms with van der Waals surface area (Å²) in [6.07, 6.45) is 1.67. The number of aliphatic hydroxyl groups excluding tert-OH is 1. The maximum Gasteiger partial charge on any atom is 0.314 e. The zero-order chi connectivity index (χ0) is 16.5. The van der Waals surface area contributed by atoms with Crippen LogP contribution in [0.5, 0.6) is 0 Å². The molecule has 0 aliphatic carbocycles. The van der Waals surface area contributed by atoms with Gasteiger partial charge in [-0.25, -0.2) is 9.78 Å². The fraction of sp³-hybridized carbons (Fsp3) is 0.412. The second-order valence-corrected chi connectivity index (χ2v) is 6.41. The first-order chi connectivity index (χ1) is 11.1. The van der Waals surface area contributed by atoms with E-state index in [1.54, 1.807) is 11.3 Å². The lowest BCUT2D eigenvalue weighted by molar-refractivity contribution is 0.170. The van der Waals surface area contributed by atoms with E-state index in [-0.39, 0.29) is 12.6 Å². The Labute approximate surface area is 140 Å². The minimum atomic E-state index is -0.582. The average Bonchev–Trinajstić information content (AvgIpc) is 2.96. The summed E-state index contributed by atoms with van der Waals surface area (Å²) in [5, 5.41) is 18.5. The van der Waals surface area contributed by atoms with E-state index >= 15 is 0 Å². The van der Waals surface area contributed by atoms with Crippen molar-refractivity contribution >= 4 is 17.4 Å². The Hall–Kier alpha value is -1.92. The summed E-state index contributed by atoms with van der Waals surface area (Å²) in [6, 6.07) is 9.49. The van der Waals surface area contributed by atoms with Gasteiger partial charge in [0.05, 0.1) is 11.1 Å². The normalized spacial score (nSPS) is 11.9. The molecule has 1 aromatic heterocycles. The molecule has 2 amide bonds. The molecule has 124 valence electrons. The summed E-state index contributed by atoms with van der Waals surface area (Å²) in [5.74, 6) is 0. The number of carbonyl (C=O) groups is 1. The fourth-order valence-corrected chi connectivity index (χ4v) is 3.01. The molecule has 0 aliphatic heterocycles. The Morgan fingerprint density at radius 3 is 2.78 bits per heavy atom. The van der Waals surface area contributed by atoms with E-state index < -0.39 is 6.10 Å². The number of urea groups is 1. The van der Waals surface area contributed by atoms with E-state index in [2.05, 4.69) is 15.6 Å². The number of amides is 2. The number of aryl methyl sites for hydroxylation is 2. The van der Waals surface area contributed by atoms with Gasteiger partial charge in [-0.15, -0.1) is 11.3 Å². The van der Waals surface area contributed by atoms with Crippen molar-refractivity contribution in [2.45, 2.75) is 32.3 Å². The largest absolute Gasteiger partial charge is 0.391 e. The van der Waals surface area contributed by atoms with Crippen LogP contribution in [0.2, 0.25) is 0 Å². The molecular weight excluding hydrogens is 310 g/mol. The van der Waals surface area contributed by atoms with Crippen molar-refractivity contribution in [1.82, 2.24) is 15.6 Å². The predicted molar refractivity (Wildman–Crippen MR) is 92.7 cm³/mol. The van der Waals surface area contributed by atoms with Gasteiger partial charge >= 0.3 is 6.03 Å². The summed E-state index contributed by atoms with van der Waals surface area (Å²) < 4.78 is 0. The third kappa shape index (κ3) is 6.80. The lowest BCUT2D eigenvalue weighted by Gasteiger charge is -2.12. The Bertz CT molecular complexity index is 601. The van der Waals surface area contributed by atoms with Crippen LogP contribution in [0.4, 0.5) is 4.79 Å². The van der Waals surface area contributed by atoms with Gasteiger partial charge in [-0.3, -0.25) is 0 Å². The van der Waals surface area contributed by atoms with Crippen LogP contribution in [-0.4, -0.2) is 35.3 Å². The van der Waals surface area contributed by atoms with Crippen LogP contribution in [0.1, 0.15) is 22.7 Å². The lowest BCUT2D eigenvalue weighted by Crippen LogP contribution is -2.40. The number of aromatic nitrogens is 1. The van der Waals surface area contributed by atoms with E-state index in [4.69, 9.17) is 0 Å². The Morgan fingerprint density at radius 2 is 2.09 bits per heavy atom. The molecule has 0 aliphatic rings. The molecule has 2 rings (SSSR count). The minimum Gasteiger partial charge on any atom is -0.391 e. The topological polar surface area (TPSA) is 74.2 Å². The summed E-state index contributed by atoms with van der Waals surface area (Å²) in [4.78, 5) is 16.1. The molecule has 0 saturated heterocycles. The fourth-order valence-electron chi connectivity index (χ4n) is 2.19. The molecule has 2 aromatic rings. The van der Waals surface area contributed by atoms with Crippen LogP contribution in [-0.2, 0) is 12.8 Å². The number of aliphatic hydroxyl groups is 1. The molecule has 1 aromatic carbocycles. The number of nitrogens with zero attached hydrogens (tertiary/aromatic N) is 1. The molecule has 1 unspecified atom stereocenters. The zero-order valence-electron chi connectivity index (χ0n) is 13.3. The average molecular weight is 333 g/mol. The molecule has 0 bridgehead atoms. The minimum absolute atomic E-state index is 0.242. The molecule has 1 heterocycles. The third-order valence-corrected chi connectivity index (χ3v) is 4.36. The van der Waals surface area contributed by atoms with Crippen molar-refractivity contribution in [3.05, 3.63) is 52.0 Å². The van der Waals surface area contributed by atoms with Gasteiger partial charge < -0.3 is 15.7 Å². The van der Waals surface area contributed by atoms with Crippen molar-refractivity contribution in [3.8, 4) is 0 Å². The van der Waals surface area contributed by atoms with Crippen LogP contribution in [0.15, 0.2) is 35.7 Å². The number of hydrogen-bond acceptors (Lipinski definition) is 4. The quantitative estimate of drug-likeness (QED) is 0.649. The van der Waals surface area contributed by atoms with E-state index in [1.807, 2.05) is 42.6 Å². The Balaban J connectivity index is 1.56. The monoisotopic (exact) mass is 333 g/mol. The molecular formula is C17H23N3O2S. The van der Waals surface area contributed by atoms with Crippen LogP contribution >= 0.6 is 11.3 Å². The van der Waals surface area contributed by atoms with Crippen molar-refractivity contribution in [2.24, 2.45) is 0 Å². The summed E-state index contributed by atoms with van der Waals surface area (Å²) in [5.41, 5.74) is 2.10. The first kappa shape index (κ1) is 17.4. The van der Waals surface area contributed by atoms with Gasteiger partial charge in [-0.05, 0) is 18.9 Å². The maximum atomic E-state index is 11.7. The molecule has 0 spiro atoms. The molecule has 1 atom stereocenters. The molecule has 3 N–H and O–H groups in total. The highest BCUT2D eigenvalue weighted by molar-refractivity contribution is 7.09. The summed E-state index contributed by atoms with van der Waals surface area (Å²) >= 11 is 1.65. The van der Waals surface area contributed by atoms with Crippen molar-refractivity contribution in [2.75, 3.05) is 13.1 Å². The summed E-state index contributed by atoms with van der Waals surface area (Å²) in [7, 11) is 0. The SMILES string of the molecule is Cc1csc(CCCNC(=O)NCC(O)Cc2ccccc2)n1. The number of thiazole rings is 1. The number of hydrogen-bond donors (Lipinski definition) is 3. The Kier molecular flexibility index (Phi) is 7.03. The number of benzene rings is 1. The molecule has 0 fully saturated rings. The summed E-state index contributed by atoms with van der Waals surface area (Å²) in [6.45, 7) is 2.82. The lowest BCUT2D eigenvalue weighted by atomic mass is 10.1. The van der Waals surface area contributed by atoms with Crippen molar-refractivity contribution in [3.63, 3.8) is 0 Å². The van der Waals surface area contributed by atoms with Crippen LogP contribution in [0.3, 0.4) is 0 Å². The van der Waals surface area contributed by atoms with E-state index in [0.29, 0.717) is 13.0 Å². The zero-order valence-corrected chi connectivity index (χ0v) is 14.1. The standard InChI is InChI=1S/C17H23N3O2S/c1-13-12-23-16(20-13)8-5-9-18-17(22)19-11-15(21)10-14-6-3-2-4-7-14/h2-4,6-7,12,15,21H,5,8-11H2,1H3,(H2,18,19,22). The highest BCUT2D eigenvalue weighted by atomic mass is 32.1. The van der Waals surface area contributed by atoms with Crippen LogP contribution in [0.25, 0.3) is 0 Å². The van der Waals surface area contributed by atoms with Gasteiger partial charge in [0.25, 0.3) is 0 Å². The van der Waals surface area contributed by atoms with Crippen LogP contribution < -0.4 is 10.6 Å². The van der Waals surface area contributed by atoms with Crippen molar-refractivity contribution < 1.29 is 9.90 Å². The van der Waals surface area contributed by atoms with Gasteiger partial charge in [-0.2, -0.15) is 0 Å². The number of carbonyl (C=O) groups excluding carboxylic acids is 1. The maximum absolute atomic E-state index is 11.7. The third-order valence-electron chi connectivity index (χ3n) is 3.33. The van der Waals surface area contributed by atoms with Gasteiger partial charge in [0.1, 0.15) is 0 Å². The van der Waals surface area contributed by atoms with Gasteiger partial charge in [0.15, 0.2) is 0 Å². The van der Waals surface area contributed by atoms with Gasteiger partial charge in [0.2, 0.25) is 0 Å². The molecule has 0 radical (unpaired) electrons. The van der Waals surface area contributed by atoms with E-state index in [0.717, 1.165) is 29.1 Å². The van der Waals surface area contributed by atoms with Crippen LogP contribution in [0, 0.1) is 6.92 Å². The van der Waals surface area contributed by atoms with Gasteiger partial charge in [-0.1, -0.05) is 30.3 Å². The smallest absolute Gasteiger partial charge is 0.314 e. The first-order valence-electron chi connectivity index (χ1n) is 7.78. The molecule has 0 saturated carbocycles. The second-order valence-electron chi connectivity index (χ2n) is 5.47. The Morgan fingerprint density at radius 1 is 1.30 bits per heavy atom. The number of nitrogens with one attached hydrogen (secondary N) is 2. The first-order valence-corrected chi connectivity index (χ1v) is 8.66. The molecule has 6 heteroatoms. The van der Waals surface area contributed by atoms with Crippen molar-refractivity contribution in [1.29, 1.82) is 0 Å². The highest BCUT2D eigenvalue weighted by Gasteiger charge is 2.07. The molecule has 23 heavy (non-hydrogen) atoms. The molecule has 5 nitrogen and oxygen atoms in total. The van der Waals surface area contributed by atoms with Gasteiger partial charge in [0, 0.05) is 37.0 Å². The predicted octanol–water partition coefficient (Wildman–Crippen LogP) is 2.29. The van der Waals surface area contributed by atoms with E-state index in [1.165, 1.54) is 0 Å². The number of rotatable bonds is 8.